The van der Waals surface area contributed by atoms with Gasteiger partial charge in [-0.25, -0.2) is 17.4 Å². The van der Waals surface area contributed by atoms with Crippen LogP contribution in [0.2, 0.25) is 5.02 Å². The fraction of sp³-hybridized carbons (Fsp3) is 0.372. The second-order valence-electron chi connectivity index (χ2n) is 16.0. The molecule has 2 fully saturated rings. The number of halogens is 1. The van der Waals surface area contributed by atoms with Crippen molar-refractivity contribution < 1.29 is 22.8 Å². The molecule has 0 radical (unpaired) electrons. The lowest BCUT2D eigenvalue weighted by molar-refractivity contribution is -0.384. The number of ether oxygens (including phenoxy) is 2. The lowest BCUT2D eigenvalue weighted by atomic mass is 9.72. The Morgan fingerprint density at radius 1 is 1.03 bits per heavy atom. The number of rotatable bonds is 12. The standard InChI is InChI=1S/C43H48ClN7O6S/c1-43(2)14-12-32(39(25-43)30-6-8-33(44)9-7-30)28-48-17-19-49(20-18-48)35-4-3-5-36(23-35)57-37-22-31-13-16-50(42(31)47-27-37)58(54,55)38-10-11-40(41(24-38)51(52)53)46-26-34-29-56-21-15-45-34/h3-11,13,16,22-24,27,34,45-46H,12,14-15,17-21,25-26,28-29H2,1-2H3. The second kappa shape index (κ2) is 16.7. The summed E-state index contributed by atoms with van der Waals surface area (Å²) in [6.07, 6.45) is 6.25. The Kier molecular flexibility index (Phi) is 11.5. The molecule has 0 spiro atoms. The van der Waals surface area contributed by atoms with E-state index in [9.17, 15) is 18.5 Å². The molecule has 2 aromatic heterocycles. The van der Waals surface area contributed by atoms with Crippen molar-refractivity contribution in [3.63, 3.8) is 0 Å². The summed E-state index contributed by atoms with van der Waals surface area (Å²) in [5.74, 6) is 1.09. The van der Waals surface area contributed by atoms with Gasteiger partial charge >= 0.3 is 0 Å². The highest BCUT2D eigenvalue weighted by molar-refractivity contribution is 7.90. The van der Waals surface area contributed by atoms with Crippen LogP contribution in [0.5, 0.6) is 11.5 Å². The summed E-state index contributed by atoms with van der Waals surface area (Å²) in [6.45, 7) is 11.6. The van der Waals surface area contributed by atoms with Crippen molar-refractivity contribution in [2.24, 2.45) is 5.41 Å². The van der Waals surface area contributed by atoms with Crippen molar-refractivity contribution in [3.8, 4) is 11.5 Å². The zero-order chi connectivity index (χ0) is 40.4. The molecule has 2 aliphatic heterocycles. The number of nitro benzene ring substituents is 1. The summed E-state index contributed by atoms with van der Waals surface area (Å²) in [5.41, 5.74) is 5.69. The Balaban J connectivity index is 0.919. The Bertz CT molecular complexity index is 2440. The van der Waals surface area contributed by atoms with Crippen molar-refractivity contribution in [1.29, 1.82) is 0 Å². The monoisotopic (exact) mass is 825 g/mol. The number of morpholine rings is 1. The van der Waals surface area contributed by atoms with E-state index in [4.69, 9.17) is 21.1 Å². The van der Waals surface area contributed by atoms with E-state index in [2.05, 4.69) is 57.5 Å². The lowest BCUT2D eigenvalue weighted by Crippen LogP contribution is -2.47. The fourth-order valence-electron chi connectivity index (χ4n) is 8.08. The first-order valence-electron chi connectivity index (χ1n) is 19.7. The van der Waals surface area contributed by atoms with E-state index in [1.807, 2.05) is 30.3 Å². The highest BCUT2D eigenvalue weighted by atomic mass is 35.5. The van der Waals surface area contributed by atoms with E-state index in [1.54, 1.807) is 12.1 Å². The third kappa shape index (κ3) is 8.86. The van der Waals surface area contributed by atoms with Gasteiger partial charge in [0.05, 0.1) is 29.2 Å². The smallest absolute Gasteiger partial charge is 0.293 e. The van der Waals surface area contributed by atoms with Crippen LogP contribution in [-0.4, -0.2) is 92.3 Å². The average Bonchev–Trinajstić information content (AvgIpc) is 3.66. The molecule has 304 valence electrons. The van der Waals surface area contributed by atoms with Crippen molar-refractivity contribution in [3.05, 3.63) is 118 Å². The first-order valence-corrected chi connectivity index (χ1v) is 21.5. The van der Waals surface area contributed by atoms with E-state index in [0.29, 0.717) is 43.2 Å². The van der Waals surface area contributed by atoms with E-state index in [0.717, 1.165) is 66.3 Å². The Morgan fingerprint density at radius 2 is 1.84 bits per heavy atom. The molecular weight excluding hydrogens is 778 g/mol. The number of hydrogen-bond acceptors (Lipinski definition) is 11. The van der Waals surface area contributed by atoms with Crippen molar-refractivity contribution in [1.82, 2.24) is 19.2 Å². The molecule has 58 heavy (non-hydrogen) atoms. The molecule has 0 amide bonds. The highest BCUT2D eigenvalue weighted by Gasteiger charge is 2.30. The Labute approximate surface area is 343 Å². The van der Waals surface area contributed by atoms with Gasteiger partial charge in [0.2, 0.25) is 0 Å². The molecular formula is C43H48ClN7O6S. The number of allylic oxidation sites excluding steroid dienone is 1. The number of benzene rings is 3. The van der Waals surface area contributed by atoms with Crippen LogP contribution in [-0.2, 0) is 14.8 Å². The highest BCUT2D eigenvalue weighted by Crippen LogP contribution is 2.43. The number of nitro groups is 1. The summed E-state index contributed by atoms with van der Waals surface area (Å²) in [7, 11) is -4.22. The second-order valence-corrected chi connectivity index (χ2v) is 18.3. The van der Waals surface area contributed by atoms with Gasteiger partial charge in [-0.3, -0.25) is 15.0 Å². The van der Waals surface area contributed by atoms with Crippen LogP contribution in [0, 0.1) is 15.5 Å². The van der Waals surface area contributed by atoms with Crippen LogP contribution < -0.4 is 20.3 Å². The summed E-state index contributed by atoms with van der Waals surface area (Å²) >= 11 is 6.22. The van der Waals surface area contributed by atoms with E-state index in [1.165, 1.54) is 47.7 Å². The molecule has 0 saturated carbocycles. The molecule has 3 aliphatic rings. The topological polar surface area (TPSA) is 144 Å². The normalized spacial score (nSPS) is 19.0. The number of nitrogens with one attached hydrogen (secondary N) is 2. The number of nitrogens with zero attached hydrogens (tertiary/aromatic N) is 5. The van der Waals surface area contributed by atoms with E-state index >= 15 is 0 Å². The molecule has 1 atom stereocenters. The van der Waals surface area contributed by atoms with Gasteiger partial charge in [-0.05, 0) is 84.3 Å². The molecule has 13 nitrogen and oxygen atoms in total. The maximum Gasteiger partial charge on any atom is 0.293 e. The summed E-state index contributed by atoms with van der Waals surface area (Å²) in [5, 5.41) is 19.6. The molecule has 3 aromatic carbocycles. The van der Waals surface area contributed by atoms with Gasteiger partial charge in [0, 0.05) is 86.3 Å². The minimum absolute atomic E-state index is 0.0211. The number of piperazine rings is 1. The summed E-state index contributed by atoms with van der Waals surface area (Å²) in [6, 6.07) is 23.5. The van der Waals surface area contributed by atoms with Gasteiger partial charge < -0.3 is 25.0 Å². The molecule has 2 N–H and O–H groups in total. The SMILES string of the molecule is CC1(C)CCC(CN2CCN(c3cccc(Oc4cnc5c(ccn5S(=O)(=O)c5ccc(NCC6COCCN6)c([N+](=O)[O-])c5)c4)c3)CC2)=C(c2ccc(Cl)cc2)C1. The molecule has 8 rings (SSSR count). The zero-order valence-corrected chi connectivity index (χ0v) is 34.3. The minimum Gasteiger partial charge on any atom is -0.456 e. The number of pyridine rings is 1. The van der Waals surface area contributed by atoms with Gasteiger partial charge in [0.1, 0.15) is 17.2 Å². The van der Waals surface area contributed by atoms with Gasteiger partial charge in [-0.15, -0.1) is 0 Å². The lowest BCUT2D eigenvalue weighted by Gasteiger charge is -2.39. The Morgan fingerprint density at radius 3 is 2.60 bits per heavy atom. The number of aromatic nitrogens is 2. The van der Waals surface area contributed by atoms with Gasteiger partial charge in [0.25, 0.3) is 15.7 Å². The first kappa shape index (κ1) is 39.8. The molecule has 4 heterocycles. The van der Waals surface area contributed by atoms with Crippen LogP contribution in [0.1, 0.15) is 38.7 Å². The first-order chi connectivity index (χ1) is 27.9. The van der Waals surface area contributed by atoms with Gasteiger partial charge in [-0.2, -0.15) is 0 Å². The largest absolute Gasteiger partial charge is 0.456 e. The zero-order valence-electron chi connectivity index (χ0n) is 32.7. The van der Waals surface area contributed by atoms with Crippen molar-refractivity contribution in [2.45, 2.75) is 44.0 Å². The third-order valence-electron chi connectivity index (χ3n) is 11.3. The molecule has 1 aliphatic carbocycles. The molecule has 15 heteroatoms. The minimum atomic E-state index is -4.22. The maximum absolute atomic E-state index is 13.8. The predicted octanol–water partition coefficient (Wildman–Crippen LogP) is 7.81. The number of hydrogen-bond donors (Lipinski definition) is 2. The molecule has 2 saturated heterocycles. The van der Waals surface area contributed by atoms with Crippen LogP contribution in [0.15, 0.2) is 102 Å². The van der Waals surface area contributed by atoms with Crippen LogP contribution in [0.25, 0.3) is 16.6 Å². The van der Waals surface area contributed by atoms with Gasteiger partial charge in [-0.1, -0.05) is 49.2 Å². The van der Waals surface area contributed by atoms with Crippen molar-refractivity contribution in [2.75, 3.05) is 69.2 Å². The Hall–Kier alpha value is -4.99. The number of fused-ring (bicyclic) bond motifs is 1. The predicted molar refractivity (Wildman–Crippen MR) is 228 cm³/mol. The molecule has 5 aromatic rings. The average molecular weight is 826 g/mol. The van der Waals surface area contributed by atoms with E-state index < -0.39 is 14.9 Å². The number of anilines is 2. The third-order valence-corrected chi connectivity index (χ3v) is 13.2. The van der Waals surface area contributed by atoms with Crippen LogP contribution >= 0.6 is 11.6 Å². The molecule has 1 unspecified atom stereocenters. The summed E-state index contributed by atoms with van der Waals surface area (Å²) < 4.78 is 40.3. The fourth-order valence-corrected chi connectivity index (χ4v) is 9.53. The molecule has 0 bridgehead atoms. The maximum atomic E-state index is 13.8. The van der Waals surface area contributed by atoms with Crippen molar-refractivity contribution >= 4 is 55.3 Å². The quantitative estimate of drug-likeness (QED) is 0.0939. The van der Waals surface area contributed by atoms with Crippen LogP contribution in [0.3, 0.4) is 0 Å². The van der Waals surface area contributed by atoms with Gasteiger partial charge in [0.15, 0.2) is 5.65 Å². The van der Waals surface area contributed by atoms with Crippen LogP contribution in [0.4, 0.5) is 17.1 Å². The van der Waals surface area contributed by atoms with E-state index in [-0.39, 0.29) is 33.4 Å². The summed E-state index contributed by atoms with van der Waals surface area (Å²) in [4.78, 5) is 20.6.